The van der Waals surface area contributed by atoms with Crippen LogP contribution in [0.5, 0.6) is 0 Å². The van der Waals surface area contributed by atoms with E-state index in [1.54, 1.807) is 11.0 Å². The largest absolute Gasteiger partial charge is 0.344 e. The van der Waals surface area contributed by atoms with Gasteiger partial charge in [0.15, 0.2) is 0 Å². The van der Waals surface area contributed by atoms with Crippen molar-refractivity contribution in [1.82, 2.24) is 35.2 Å². The predicted octanol–water partition coefficient (Wildman–Crippen LogP) is 5.31. The van der Waals surface area contributed by atoms with Gasteiger partial charge in [-0.2, -0.15) is 5.10 Å². The second-order valence-electron chi connectivity index (χ2n) is 15.0. The van der Waals surface area contributed by atoms with Crippen LogP contribution in [0.1, 0.15) is 58.1 Å². The fourth-order valence-corrected chi connectivity index (χ4v) is 7.81. The summed E-state index contributed by atoms with van der Waals surface area (Å²) in [6.45, 7) is 8.31. The van der Waals surface area contributed by atoms with E-state index in [0.29, 0.717) is 51.7 Å². The summed E-state index contributed by atoms with van der Waals surface area (Å²) in [7, 11) is 0. The third-order valence-electron chi connectivity index (χ3n) is 10.3. The number of piperazine rings is 1. The van der Waals surface area contributed by atoms with Gasteiger partial charge in [0.2, 0.25) is 23.6 Å². The summed E-state index contributed by atoms with van der Waals surface area (Å²) in [6, 6.07) is 26.2. The molecule has 282 valence electrons. The summed E-state index contributed by atoms with van der Waals surface area (Å²) in [4.78, 5) is 62.5. The van der Waals surface area contributed by atoms with Gasteiger partial charge in [-0.05, 0) is 57.9 Å². The average Bonchev–Trinajstić information content (AvgIpc) is 3.67. The van der Waals surface area contributed by atoms with Crippen LogP contribution in [0, 0.1) is 5.92 Å². The molecule has 2 unspecified atom stereocenters. The van der Waals surface area contributed by atoms with Crippen molar-refractivity contribution >= 4 is 45.2 Å². The van der Waals surface area contributed by atoms with Crippen molar-refractivity contribution in [1.29, 1.82) is 0 Å². The molecule has 0 saturated carbocycles. The highest BCUT2D eigenvalue weighted by Gasteiger charge is 2.42. The molecule has 6 rings (SSSR count). The molecule has 4 aromatic carbocycles. The van der Waals surface area contributed by atoms with Crippen molar-refractivity contribution in [3.63, 3.8) is 0 Å². The minimum atomic E-state index is -0.788. The SMILES string of the molecule is CC(=O)NC(Cc1ccc2ccccc2c1)C(=O)N1CC(CCCn2cncn2)N(C(=O)[C@@H](Cc2ccc3ccccc3c2)NC(C)=O)C[C@H]1CC(C)C. The third kappa shape index (κ3) is 9.69. The summed E-state index contributed by atoms with van der Waals surface area (Å²) in [5.74, 6) is -0.656. The van der Waals surface area contributed by atoms with Crippen LogP contribution in [0.2, 0.25) is 0 Å². The van der Waals surface area contributed by atoms with E-state index < -0.39 is 12.1 Å². The maximum Gasteiger partial charge on any atom is 0.245 e. The Morgan fingerprint density at radius 3 is 1.69 bits per heavy atom. The molecule has 11 nitrogen and oxygen atoms in total. The van der Waals surface area contributed by atoms with Crippen LogP contribution < -0.4 is 10.6 Å². The molecule has 1 aromatic heterocycles. The Labute approximate surface area is 317 Å². The van der Waals surface area contributed by atoms with Crippen LogP contribution in [-0.4, -0.2) is 85.4 Å². The second kappa shape index (κ2) is 17.5. The normalized spacial score (nSPS) is 17.1. The van der Waals surface area contributed by atoms with Crippen molar-refractivity contribution in [3.8, 4) is 0 Å². The molecular formula is C43H51N7O4. The minimum absolute atomic E-state index is 0.160. The number of fused-ring (bicyclic) bond motifs is 2. The van der Waals surface area contributed by atoms with E-state index in [9.17, 15) is 19.2 Å². The van der Waals surface area contributed by atoms with Gasteiger partial charge < -0.3 is 20.4 Å². The number of rotatable bonds is 14. The fourth-order valence-electron chi connectivity index (χ4n) is 7.81. The van der Waals surface area contributed by atoms with Crippen LogP contribution in [0.15, 0.2) is 97.6 Å². The zero-order valence-electron chi connectivity index (χ0n) is 31.7. The van der Waals surface area contributed by atoms with E-state index in [4.69, 9.17) is 0 Å². The summed E-state index contributed by atoms with van der Waals surface area (Å²) in [6.07, 6.45) is 5.79. The lowest BCUT2D eigenvalue weighted by Gasteiger charge is -2.48. The molecule has 11 heteroatoms. The number of nitrogens with zero attached hydrogens (tertiary/aromatic N) is 5. The molecular weight excluding hydrogens is 679 g/mol. The standard InChI is InChI=1S/C43H51N7O4/c1-29(2)20-39-26-49(42(53)40(46-30(3)51)23-32-15-17-34-10-5-7-12-36(34)21-32)38(14-9-19-48-28-44-27-45-48)25-50(39)43(54)41(47-31(4)52)24-33-16-18-35-11-6-8-13-37(35)22-33/h5-8,10-13,15-18,21-22,27-29,38-41H,9,14,19-20,23-26H2,1-4H3,(H,46,51)(H,47,52)/t38?,39-,40-,41?/m1/s1. The second-order valence-corrected chi connectivity index (χ2v) is 15.0. The molecule has 2 heterocycles. The Morgan fingerprint density at radius 2 is 1.20 bits per heavy atom. The van der Waals surface area contributed by atoms with Gasteiger partial charge in [0.1, 0.15) is 24.7 Å². The third-order valence-corrected chi connectivity index (χ3v) is 10.3. The van der Waals surface area contributed by atoms with Crippen molar-refractivity contribution in [2.75, 3.05) is 13.1 Å². The highest BCUT2D eigenvalue weighted by atomic mass is 16.2. The number of hydrogen-bond donors (Lipinski definition) is 2. The van der Waals surface area contributed by atoms with Crippen LogP contribution >= 0.6 is 0 Å². The van der Waals surface area contributed by atoms with Gasteiger partial charge in [0, 0.05) is 58.4 Å². The van der Waals surface area contributed by atoms with Crippen molar-refractivity contribution < 1.29 is 19.2 Å². The Bertz CT molecular complexity index is 2080. The van der Waals surface area contributed by atoms with Crippen molar-refractivity contribution in [2.24, 2.45) is 5.92 Å². The molecule has 1 aliphatic rings. The Hall–Kier alpha value is -5.58. The molecule has 0 radical (unpaired) electrons. The van der Waals surface area contributed by atoms with Gasteiger partial charge in [-0.25, -0.2) is 4.98 Å². The van der Waals surface area contributed by atoms with E-state index in [1.165, 1.54) is 20.2 Å². The first-order valence-corrected chi connectivity index (χ1v) is 19.0. The molecule has 1 aliphatic heterocycles. The molecule has 4 atom stereocenters. The lowest BCUT2D eigenvalue weighted by molar-refractivity contribution is -0.151. The van der Waals surface area contributed by atoms with Crippen LogP contribution in [-0.2, 0) is 38.6 Å². The van der Waals surface area contributed by atoms with E-state index >= 15 is 0 Å². The summed E-state index contributed by atoms with van der Waals surface area (Å²) >= 11 is 0. The number of hydrogen-bond acceptors (Lipinski definition) is 6. The van der Waals surface area contributed by atoms with Gasteiger partial charge in [-0.1, -0.05) is 98.8 Å². The maximum atomic E-state index is 14.8. The topological polar surface area (TPSA) is 130 Å². The van der Waals surface area contributed by atoms with Crippen molar-refractivity contribution in [3.05, 3.63) is 109 Å². The molecule has 0 spiro atoms. The minimum Gasteiger partial charge on any atom is -0.344 e. The van der Waals surface area contributed by atoms with Gasteiger partial charge in [-0.3, -0.25) is 23.9 Å². The van der Waals surface area contributed by atoms with Crippen molar-refractivity contribution in [2.45, 2.75) is 90.5 Å². The molecule has 54 heavy (non-hydrogen) atoms. The fraction of sp³-hybridized carbons (Fsp3) is 0.395. The lowest BCUT2D eigenvalue weighted by atomic mass is 9.92. The van der Waals surface area contributed by atoms with Crippen LogP contribution in [0.4, 0.5) is 0 Å². The first-order chi connectivity index (χ1) is 26.0. The zero-order chi connectivity index (χ0) is 38.2. The monoisotopic (exact) mass is 729 g/mol. The number of aromatic nitrogens is 3. The molecule has 1 fully saturated rings. The zero-order valence-corrected chi connectivity index (χ0v) is 31.7. The molecule has 0 bridgehead atoms. The number of aryl methyl sites for hydroxylation is 1. The van der Waals surface area contributed by atoms with E-state index in [2.05, 4.69) is 46.7 Å². The van der Waals surface area contributed by atoms with Gasteiger partial charge >= 0.3 is 0 Å². The maximum absolute atomic E-state index is 14.8. The Balaban J connectivity index is 1.30. The highest BCUT2D eigenvalue weighted by Crippen LogP contribution is 2.27. The number of carbonyl (C=O) groups is 4. The van der Waals surface area contributed by atoms with Gasteiger partial charge in [0.25, 0.3) is 0 Å². The summed E-state index contributed by atoms with van der Waals surface area (Å²) in [5.41, 5.74) is 1.90. The molecule has 5 aromatic rings. The first kappa shape index (κ1) is 38.2. The molecule has 2 N–H and O–H groups in total. The highest BCUT2D eigenvalue weighted by molar-refractivity contribution is 5.90. The smallest absolute Gasteiger partial charge is 0.245 e. The first-order valence-electron chi connectivity index (χ1n) is 19.0. The molecule has 1 saturated heterocycles. The summed E-state index contributed by atoms with van der Waals surface area (Å²) in [5, 5.41) is 14.5. The van der Waals surface area contributed by atoms with E-state index in [-0.39, 0.29) is 41.6 Å². The molecule has 4 amide bonds. The average molecular weight is 730 g/mol. The number of carbonyl (C=O) groups excluding carboxylic acids is 4. The lowest BCUT2D eigenvalue weighted by Crippen LogP contribution is -2.66. The number of amides is 4. The van der Waals surface area contributed by atoms with Crippen LogP contribution in [0.25, 0.3) is 21.5 Å². The number of nitrogens with one attached hydrogen (secondary N) is 2. The number of benzene rings is 4. The summed E-state index contributed by atoms with van der Waals surface area (Å²) < 4.78 is 1.76. The molecule has 0 aliphatic carbocycles. The van der Waals surface area contributed by atoms with E-state index in [1.807, 2.05) is 82.6 Å². The van der Waals surface area contributed by atoms with Gasteiger partial charge in [0.05, 0.1) is 0 Å². The van der Waals surface area contributed by atoms with Crippen LogP contribution in [0.3, 0.4) is 0 Å². The Kier molecular flexibility index (Phi) is 12.4. The van der Waals surface area contributed by atoms with Gasteiger partial charge in [-0.15, -0.1) is 0 Å². The van der Waals surface area contributed by atoms with E-state index in [0.717, 1.165) is 32.7 Å². The predicted molar refractivity (Wildman–Crippen MR) is 210 cm³/mol. The quantitative estimate of drug-likeness (QED) is 0.159. The Morgan fingerprint density at radius 1 is 0.704 bits per heavy atom.